The molecule has 0 saturated carbocycles. The molecule has 3 N–H and O–H groups in total. The molecule has 222 valence electrons. The van der Waals surface area contributed by atoms with Crippen LogP contribution < -0.4 is 15.4 Å². The van der Waals surface area contributed by atoms with Crippen molar-refractivity contribution in [3.8, 4) is 16.1 Å². The van der Waals surface area contributed by atoms with Crippen molar-refractivity contribution < 1.29 is 17.6 Å². The maximum atomic E-state index is 15.8. The highest BCUT2D eigenvalue weighted by atomic mass is 32.2. The Balaban J connectivity index is 1.30. The van der Waals surface area contributed by atoms with Crippen LogP contribution in [0.1, 0.15) is 23.2 Å². The number of fused-ring (bicyclic) bond motifs is 2. The summed E-state index contributed by atoms with van der Waals surface area (Å²) in [6.07, 6.45) is 4.78. The summed E-state index contributed by atoms with van der Waals surface area (Å²) in [5, 5.41) is 17.6. The average molecular weight is 629 g/mol. The fourth-order valence-corrected chi connectivity index (χ4v) is 7.08. The van der Waals surface area contributed by atoms with Crippen LogP contribution in [0.5, 0.6) is 0 Å². The highest BCUT2D eigenvalue weighted by Crippen LogP contribution is 2.39. The van der Waals surface area contributed by atoms with Gasteiger partial charge < -0.3 is 5.32 Å². The van der Waals surface area contributed by atoms with Gasteiger partial charge in [0.25, 0.3) is 5.91 Å². The third-order valence-electron chi connectivity index (χ3n) is 7.59. The molecule has 1 amide bonds. The molecule has 11 nitrogen and oxygen atoms in total. The summed E-state index contributed by atoms with van der Waals surface area (Å²) in [5.74, 6) is -0.826. The number of hydrogen-bond donors (Lipinski definition) is 2. The highest BCUT2D eigenvalue weighted by Gasteiger charge is 2.32. The number of thiophene rings is 1. The Morgan fingerprint density at radius 1 is 1.07 bits per heavy atom. The minimum absolute atomic E-state index is 0.00415. The van der Waals surface area contributed by atoms with Gasteiger partial charge >= 0.3 is 0 Å². The third kappa shape index (κ3) is 5.11. The predicted molar refractivity (Wildman–Crippen MR) is 166 cm³/mol. The molecule has 0 radical (unpaired) electrons. The van der Waals surface area contributed by atoms with Gasteiger partial charge in [0.05, 0.1) is 22.2 Å². The predicted octanol–water partition coefficient (Wildman–Crippen LogP) is 4.28. The summed E-state index contributed by atoms with van der Waals surface area (Å²) < 4.78 is 42.0. The number of carbonyl (C=O) groups is 1. The van der Waals surface area contributed by atoms with Crippen molar-refractivity contribution in [3.63, 3.8) is 0 Å². The summed E-state index contributed by atoms with van der Waals surface area (Å²) in [5.41, 5.74) is 1.98. The van der Waals surface area contributed by atoms with E-state index in [0.29, 0.717) is 46.6 Å². The van der Waals surface area contributed by atoms with Crippen molar-refractivity contribution >= 4 is 54.3 Å². The van der Waals surface area contributed by atoms with E-state index in [1.165, 1.54) is 40.3 Å². The van der Waals surface area contributed by atoms with Gasteiger partial charge in [-0.1, -0.05) is 17.3 Å². The normalized spacial score (nSPS) is 15.5. The lowest BCUT2D eigenvalue weighted by molar-refractivity contribution is 0.0968. The van der Waals surface area contributed by atoms with Crippen LogP contribution in [0.15, 0.2) is 84.0 Å². The molecule has 4 aromatic heterocycles. The van der Waals surface area contributed by atoms with Gasteiger partial charge in [0, 0.05) is 40.0 Å². The van der Waals surface area contributed by atoms with E-state index in [1.807, 2.05) is 12.1 Å². The number of amides is 1. The van der Waals surface area contributed by atoms with E-state index in [0.717, 1.165) is 22.5 Å². The number of piperidine rings is 1. The highest BCUT2D eigenvalue weighted by molar-refractivity contribution is 7.89. The molecule has 0 unspecified atom stereocenters. The molecule has 2 aromatic carbocycles. The van der Waals surface area contributed by atoms with Crippen LogP contribution >= 0.6 is 11.3 Å². The van der Waals surface area contributed by atoms with Crippen molar-refractivity contribution in [1.82, 2.24) is 30.3 Å². The van der Waals surface area contributed by atoms with Crippen molar-refractivity contribution in [1.29, 1.82) is 0 Å². The molecule has 5 heterocycles. The minimum atomic E-state index is -3.89. The third-order valence-corrected chi connectivity index (χ3v) is 9.65. The Hall–Kier alpha value is -4.63. The van der Waals surface area contributed by atoms with E-state index >= 15 is 4.39 Å². The van der Waals surface area contributed by atoms with E-state index in [2.05, 4.69) is 25.6 Å². The molecule has 1 aliphatic heterocycles. The topological polar surface area (TPSA) is 149 Å². The van der Waals surface area contributed by atoms with Crippen molar-refractivity contribution in [3.05, 3.63) is 90.5 Å². The van der Waals surface area contributed by atoms with Gasteiger partial charge in [-0.15, -0.1) is 16.4 Å². The van der Waals surface area contributed by atoms with Crippen LogP contribution in [0.2, 0.25) is 0 Å². The standard InChI is InChI=1S/C30H25FN8O3S2/c31-24-15-19(39-29-25(36-37-39)7-3-12-34-29)8-9-22(24)30(40)38(20-5-2-11-33-17-20)28-23-16-27(43-26(23)10-13-35-28)18-4-1-6-21(14-18)44(32,41)42/h1,3-4,6-10,12-16,20,33H,2,5,11,17H2,(H2,32,41,42)/t20-/m1/s1. The number of aromatic nitrogens is 5. The van der Waals surface area contributed by atoms with Crippen LogP contribution in [0.4, 0.5) is 10.2 Å². The molecule has 1 fully saturated rings. The van der Waals surface area contributed by atoms with Gasteiger partial charge in [-0.05, 0) is 73.5 Å². The first-order valence-electron chi connectivity index (χ1n) is 13.8. The Labute approximate surface area is 255 Å². The first-order chi connectivity index (χ1) is 21.3. The van der Waals surface area contributed by atoms with Crippen LogP contribution in [0.25, 0.3) is 37.4 Å². The molecule has 14 heteroatoms. The zero-order valence-corrected chi connectivity index (χ0v) is 24.7. The largest absolute Gasteiger partial charge is 0.315 e. The van der Waals surface area contributed by atoms with E-state index in [1.54, 1.807) is 47.6 Å². The first kappa shape index (κ1) is 28.2. The van der Waals surface area contributed by atoms with E-state index in [4.69, 9.17) is 5.14 Å². The molecule has 0 bridgehead atoms. The summed E-state index contributed by atoms with van der Waals surface area (Å²) >= 11 is 1.44. The number of nitrogens with one attached hydrogen (secondary N) is 1. The van der Waals surface area contributed by atoms with Crippen LogP contribution in [0, 0.1) is 5.82 Å². The van der Waals surface area contributed by atoms with Crippen LogP contribution in [-0.2, 0) is 10.0 Å². The number of benzene rings is 2. The fourth-order valence-electron chi connectivity index (χ4n) is 5.48. The van der Waals surface area contributed by atoms with E-state index < -0.39 is 21.7 Å². The molecule has 1 saturated heterocycles. The number of rotatable bonds is 6. The quantitative estimate of drug-likeness (QED) is 0.278. The lowest BCUT2D eigenvalue weighted by atomic mass is 10.0. The second-order valence-corrected chi connectivity index (χ2v) is 13.1. The average Bonchev–Trinajstić information content (AvgIpc) is 3.67. The van der Waals surface area contributed by atoms with E-state index in [-0.39, 0.29) is 16.5 Å². The molecule has 44 heavy (non-hydrogen) atoms. The lowest BCUT2D eigenvalue weighted by Crippen LogP contribution is -2.49. The van der Waals surface area contributed by atoms with Crippen LogP contribution in [-0.4, -0.2) is 58.4 Å². The number of nitrogens with zero attached hydrogens (tertiary/aromatic N) is 6. The molecular formula is C30H25FN8O3S2. The Morgan fingerprint density at radius 2 is 1.95 bits per heavy atom. The fraction of sp³-hybridized carbons (Fsp3) is 0.167. The number of anilines is 1. The number of carbonyl (C=O) groups excluding carboxylic acids is 1. The number of sulfonamides is 1. The Bertz CT molecular complexity index is 2160. The van der Waals surface area contributed by atoms with Gasteiger partial charge in [0.2, 0.25) is 10.0 Å². The van der Waals surface area contributed by atoms with Crippen LogP contribution in [0.3, 0.4) is 0 Å². The van der Waals surface area contributed by atoms with Crippen molar-refractivity contribution in [2.75, 3.05) is 18.0 Å². The first-order valence-corrected chi connectivity index (χ1v) is 16.2. The number of halogens is 1. The Kier molecular flexibility index (Phi) is 7.13. The second kappa shape index (κ2) is 11.1. The maximum absolute atomic E-state index is 15.8. The number of pyridine rings is 2. The Morgan fingerprint density at radius 3 is 2.75 bits per heavy atom. The van der Waals surface area contributed by atoms with Gasteiger partial charge in [-0.25, -0.2) is 27.9 Å². The van der Waals surface area contributed by atoms with Gasteiger partial charge in [-0.3, -0.25) is 9.69 Å². The summed E-state index contributed by atoms with van der Waals surface area (Å²) in [4.78, 5) is 25.5. The SMILES string of the molecule is NS(=O)(=O)c1cccc(-c2cc3c(N(C(=O)c4ccc(-n5nnc6cccnc65)cc4F)[C@@H]4CCCNC4)nccc3s2)c1. The zero-order chi connectivity index (χ0) is 30.4. The number of nitrogens with two attached hydrogens (primary N) is 1. The lowest BCUT2D eigenvalue weighted by Gasteiger charge is -2.34. The molecule has 7 rings (SSSR count). The molecule has 1 aliphatic rings. The zero-order valence-electron chi connectivity index (χ0n) is 23.1. The van der Waals surface area contributed by atoms with Crippen molar-refractivity contribution in [2.24, 2.45) is 5.14 Å². The van der Waals surface area contributed by atoms with E-state index in [9.17, 15) is 13.2 Å². The molecular weight excluding hydrogens is 604 g/mol. The summed E-state index contributed by atoms with van der Waals surface area (Å²) in [6.45, 7) is 1.34. The smallest absolute Gasteiger partial charge is 0.262 e. The monoisotopic (exact) mass is 628 g/mol. The minimum Gasteiger partial charge on any atom is -0.315 e. The summed E-state index contributed by atoms with van der Waals surface area (Å²) in [6, 6.07) is 17.7. The number of hydrogen-bond acceptors (Lipinski definition) is 9. The van der Waals surface area contributed by atoms with Crippen molar-refractivity contribution in [2.45, 2.75) is 23.8 Å². The summed E-state index contributed by atoms with van der Waals surface area (Å²) in [7, 11) is -3.89. The molecule has 0 spiro atoms. The maximum Gasteiger partial charge on any atom is 0.262 e. The second-order valence-electron chi connectivity index (χ2n) is 10.4. The van der Waals surface area contributed by atoms with Gasteiger partial charge in [0.15, 0.2) is 5.65 Å². The molecule has 1 atom stereocenters. The molecule has 0 aliphatic carbocycles. The molecule has 6 aromatic rings. The number of primary sulfonamides is 1. The van der Waals surface area contributed by atoms with Gasteiger partial charge in [0.1, 0.15) is 17.2 Å². The van der Waals surface area contributed by atoms with Gasteiger partial charge in [-0.2, -0.15) is 4.68 Å².